The van der Waals surface area contributed by atoms with E-state index in [4.69, 9.17) is 4.98 Å². The summed E-state index contributed by atoms with van der Waals surface area (Å²) in [6.45, 7) is 6.59. The molecule has 1 aromatic heterocycles. The molecule has 0 spiro atoms. The second kappa shape index (κ2) is 5.83. The number of fused-ring (bicyclic) bond motifs is 1. The average Bonchev–Trinajstić information content (AvgIpc) is 2.83. The van der Waals surface area contributed by atoms with Gasteiger partial charge < -0.3 is 14.8 Å². The zero-order chi connectivity index (χ0) is 13.9. The van der Waals surface area contributed by atoms with Gasteiger partial charge in [-0.1, -0.05) is 19.1 Å². The molecule has 108 valence electrons. The molecule has 1 atom stereocenters. The van der Waals surface area contributed by atoms with Gasteiger partial charge in [-0.05, 0) is 44.0 Å². The lowest BCUT2D eigenvalue weighted by molar-refractivity contribution is 0.391. The molecule has 2 heterocycles. The van der Waals surface area contributed by atoms with Crippen molar-refractivity contribution in [2.45, 2.75) is 19.8 Å². The second-order valence-electron chi connectivity index (χ2n) is 5.72. The second-order valence-corrected chi connectivity index (χ2v) is 5.72. The van der Waals surface area contributed by atoms with Crippen LogP contribution in [0.4, 0.5) is 5.95 Å². The van der Waals surface area contributed by atoms with Crippen LogP contribution in [-0.4, -0.2) is 35.7 Å². The predicted molar refractivity (Wildman–Crippen MR) is 84.2 cm³/mol. The molecule has 1 fully saturated rings. The monoisotopic (exact) mass is 272 g/mol. The van der Waals surface area contributed by atoms with E-state index in [0.29, 0.717) is 0 Å². The van der Waals surface area contributed by atoms with Gasteiger partial charge in [0.1, 0.15) is 0 Å². The lowest BCUT2D eigenvalue weighted by atomic mass is 9.98. The SMILES string of the molecule is CCNCC1CCCN(c2nc3ccccc3n2C)C1. The van der Waals surface area contributed by atoms with E-state index < -0.39 is 0 Å². The molecule has 0 bridgehead atoms. The van der Waals surface area contributed by atoms with Gasteiger partial charge in [-0.2, -0.15) is 0 Å². The minimum absolute atomic E-state index is 0.739. The van der Waals surface area contributed by atoms with E-state index in [1.54, 1.807) is 0 Å². The Morgan fingerprint density at radius 3 is 3.00 bits per heavy atom. The number of imidazole rings is 1. The summed E-state index contributed by atoms with van der Waals surface area (Å²) in [4.78, 5) is 7.27. The van der Waals surface area contributed by atoms with Gasteiger partial charge in [0.05, 0.1) is 11.0 Å². The van der Waals surface area contributed by atoms with Crippen molar-refractivity contribution in [1.29, 1.82) is 0 Å². The molecular formula is C16H24N4. The zero-order valence-electron chi connectivity index (χ0n) is 12.5. The molecule has 1 aromatic carbocycles. The van der Waals surface area contributed by atoms with Crippen LogP contribution in [0.5, 0.6) is 0 Å². The van der Waals surface area contributed by atoms with Crippen molar-refractivity contribution in [3.63, 3.8) is 0 Å². The van der Waals surface area contributed by atoms with Crippen molar-refractivity contribution >= 4 is 17.0 Å². The van der Waals surface area contributed by atoms with Crippen LogP contribution in [0.3, 0.4) is 0 Å². The number of anilines is 1. The maximum atomic E-state index is 4.82. The number of aryl methyl sites for hydroxylation is 1. The van der Waals surface area contributed by atoms with Crippen LogP contribution in [0.15, 0.2) is 24.3 Å². The van der Waals surface area contributed by atoms with E-state index in [1.807, 2.05) is 0 Å². The highest BCUT2D eigenvalue weighted by Crippen LogP contribution is 2.25. The molecule has 4 nitrogen and oxygen atoms in total. The molecule has 1 saturated heterocycles. The minimum atomic E-state index is 0.739. The highest BCUT2D eigenvalue weighted by atomic mass is 15.3. The molecule has 1 aliphatic rings. The van der Waals surface area contributed by atoms with Crippen LogP contribution in [0.2, 0.25) is 0 Å². The lowest BCUT2D eigenvalue weighted by Crippen LogP contribution is -2.40. The van der Waals surface area contributed by atoms with E-state index in [0.717, 1.165) is 43.6 Å². The predicted octanol–water partition coefficient (Wildman–Crippen LogP) is 2.40. The van der Waals surface area contributed by atoms with Crippen molar-refractivity contribution in [2.75, 3.05) is 31.1 Å². The van der Waals surface area contributed by atoms with Crippen molar-refractivity contribution in [2.24, 2.45) is 13.0 Å². The first-order valence-corrected chi connectivity index (χ1v) is 7.66. The van der Waals surface area contributed by atoms with Crippen LogP contribution in [0, 0.1) is 5.92 Å². The van der Waals surface area contributed by atoms with Crippen LogP contribution < -0.4 is 10.2 Å². The molecule has 1 unspecified atom stereocenters. The molecule has 0 aliphatic carbocycles. The summed E-state index contributed by atoms with van der Waals surface area (Å²) in [5.41, 5.74) is 2.31. The maximum Gasteiger partial charge on any atom is 0.206 e. The van der Waals surface area contributed by atoms with E-state index >= 15 is 0 Å². The summed E-state index contributed by atoms with van der Waals surface area (Å²) in [6.07, 6.45) is 2.59. The number of rotatable bonds is 4. The quantitative estimate of drug-likeness (QED) is 0.928. The van der Waals surface area contributed by atoms with Crippen LogP contribution in [0.1, 0.15) is 19.8 Å². The first-order chi connectivity index (χ1) is 9.79. The summed E-state index contributed by atoms with van der Waals surface area (Å²) >= 11 is 0. The molecule has 20 heavy (non-hydrogen) atoms. The number of nitrogens with zero attached hydrogens (tertiary/aromatic N) is 3. The van der Waals surface area contributed by atoms with Crippen molar-refractivity contribution in [3.05, 3.63) is 24.3 Å². The van der Waals surface area contributed by atoms with Gasteiger partial charge in [0.2, 0.25) is 5.95 Å². The number of hydrogen-bond donors (Lipinski definition) is 1. The Hall–Kier alpha value is -1.55. The van der Waals surface area contributed by atoms with Crippen LogP contribution in [0.25, 0.3) is 11.0 Å². The third kappa shape index (κ3) is 2.52. The van der Waals surface area contributed by atoms with Gasteiger partial charge in [0.15, 0.2) is 0 Å². The first-order valence-electron chi connectivity index (χ1n) is 7.66. The summed E-state index contributed by atoms with van der Waals surface area (Å²) in [5.74, 6) is 1.86. The standard InChI is InChI=1S/C16H24N4/c1-3-17-11-13-7-6-10-20(12-13)16-18-14-8-4-5-9-15(14)19(16)2/h4-5,8-9,13,17H,3,6-7,10-12H2,1-2H3. The zero-order valence-corrected chi connectivity index (χ0v) is 12.5. The molecule has 2 aromatic rings. The van der Waals surface area contributed by atoms with E-state index in [9.17, 15) is 0 Å². The summed E-state index contributed by atoms with van der Waals surface area (Å²) < 4.78 is 2.23. The van der Waals surface area contributed by atoms with Gasteiger partial charge in [0.25, 0.3) is 0 Å². The smallest absolute Gasteiger partial charge is 0.206 e. The molecule has 3 rings (SSSR count). The fourth-order valence-electron chi connectivity index (χ4n) is 3.18. The third-order valence-electron chi connectivity index (χ3n) is 4.25. The van der Waals surface area contributed by atoms with E-state index in [-0.39, 0.29) is 0 Å². The molecule has 0 amide bonds. The van der Waals surface area contributed by atoms with E-state index in [1.165, 1.54) is 18.4 Å². The average molecular weight is 272 g/mol. The van der Waals surface area contributed by atoms with E-state index in [2.05, 4.69) is 53.0 Å². The fraction of sp³-hybridized carbons (Fsp3) is 0.562. The summed E-state index contributed by atoms with van der Waals surface area (Å²) in [5, 5.41) is 3.48. The van der Waals surface area contributed by atoms with Crippen molar-refractivity contribution in [3.8, 4) is 0 Å². The summed E-state index contributed by atoms with van der Waals surface area (Å²) in [7, 11) is 2.12. The number of hydrogen-bond acceptors (Lipinski definition) is 3. The molecule has 0 radical (unpaired) electrons. The summed E-state index contributed by atoms with van der Waals surface area (Å²) in [6, 6.07) is 8.38. The van der Waals surface area contributed by atoms with Gasteiger partial charge in [0, 0.05) is 20.1 Å². The topological polar surface area (TPSA) is 33.1 Å². The first kappa shape index (κ1) is 13.4. The largest absolute Gasteiger partial charge is 0.342 e. The highest BCUT2D eigenvalue weighted by Gasteiger charge is 2.23. The Morgan fingerprint density at radius 1 is 1.35 bits per heavy atom. The van der Waals surface area contributed by atoms with Gasteiger partial charge in [-0.25, -0.2) is 4.98 Å². The molecule has 1 N–H and O–H groups in total. The Bertz CT molecular complexity index is 575. The molecular weight excluding hydrogens is 248 g/mol. The number of piperidine rings is 1. The lowest BCUT2D eigenvalue weighted by Gasteiger charge is -2.33. The number of nitrogens with one attached hydrogen (secondary N) is 1. The molecule has 1 aliphatic heterocycles. The number of para-hydroxylation sites is 2. The normalized spacial score (nSPS) is 19.7. The third-order valence-corrected chi connectivity index (χ3v) is 4.25. The maximum absolute atomic E-state index is 4.82. The Balaban J connectivity index is 1.81. The highest BCUT2D eigenvalue weighted by molar-refractivity contribution is 5.78. The molecule has 4 heteroatoms. The number of benzene rings is 1. The Morgan fingerprint density at radius 2 is 2.20 bits per heavy atom. The fourth-order valence-corrected chi connectivity index (χ4v) is 3.18. The molecule has 0 saturated carbocycles. The number of aromatic nitrogens is 2. The van der Waals surface area contributed by atoms with Gasteiger partial charge in [-0.3, -0.25) is 0 Å². The van der Waals surface area contributed by atoms with Crippen molar-refractivity contribution < 1.29 is 0 Å². The van der Waals surface area contributed by atoms with Crippen LogP contribution in [-0.2, 0) is 7.05 Å². The minimum Gasteiger partial charge on any atom is -0.342 e. The van der Waals surface area contributed by atoms with Gasteiger partial charge >= 0.3 is 0 Å². The van der Waals surface area contributed by atoms with Gasteiger partial charge in [-0.15, -0.1) is 0 Å². The van der Waals surface area contributed by atoms with Crippen LogP contribution >= 0.6 is 0 Å². The Kier molecular flexibility index (Phi) is 3.92. The van der Waals surface area contributed by atoms with Crippen molar-refractivity contribution in [1.82, 2.24) is 14.9 Å². The Labute approximate surface area is 120 Å².